The maximum atomic E-state index is 4.68. The van der Waals surface area contributed by atoms with Gasteiger partial charge in [-0.3, -0.25) is 4.57 Å². The largest absolute Gasteiger partial charge is 0.365 e. The van der Waals surface area contributed by atoms with Crippen molar-refractivity contribution in [3.8, 4) is 5.69 Å². The van der Waals surface area contributed by atoms with Crippen LogP contribution in [0, 0.1) is 0 Å². The highest BCUT2D eigenvalue weighted by Gasteiger charge is 2.24. The average Bonchev–Trinajstić information content (AvgIpc) is 3.10. The molecule has 1 aliphatic rings. The van der Waals surface area contributed by atoms with Crippen LogP contribution in [0.1, 0.15) is 12.8 Å². The minimum atomic E-state index is 0.479. The third-order valence-corrected chi connectivity index (χ3v) is 4.67. The van der Waals surface area contributed by atoms with Gasteiger partial charge < -0.3 is 10.6 Å². The summed E-state index contributed by atoms with van der Waals surface area (Å²) in [7, 11) is 0. The van der Waals surface area contributed by atoms with Gasteiger partial charge in [0.1, 0.15) is 12.1 Å². The van der Waals surface area contributed by atoms with Crippen LogP contribution in [0.5, 0.6) is 0 Å². The fraction of sp³-hybridized carbons (Fsp3) is 0.176. The molecular weight excluding hydrogens is 334 g/mol. The first-order valence-electron chi connectivity index (χ1n) is 8.09. The van der Waals surface area contributed by atoms with Crippen molar-refractivity contribution >= 4 is 40.1 Å². The molecule has 1 saturated carbocycles. The van der Waals surface area contributed by atoms with Crippen LogP contribution in [-0.4, -0.2) is 30.5 Å². The minimum absolute atomic E-state index is 0.479. The van der Waals surface area contributed by atoms with Gasteiger partial charge in [0.2, 0.25) is 5.95 Å². The van der Waals surface area contributed by atoms with Crippen LogP contribution >= 0.6 is 11.3 Å². The Kier molecular flexibility index (Phi) is 3.34. The minimum Gasteiger partial charge on any atom is -0.365 e. The maximum Gasteiger partial charge on any atom is 0.232 e. The van der Waals surface area contributed by atoms with Crippen LogP contribution in [0.2, 0.25) is 0 Å². The van der Waals surface area contributed by atoms with Gasteiger partial charge >= 0.3 is 0 Å². The Hall–Kier alpha value is -3.00. The van der Waals surface area contributed by atoms with Crippen molar-refractivity contribution < 1.29 is 0 Å². The Morgan fingerprint density at radius 3 is 2.84 bits per heavy atom. The summed E-state index contributed by atoms with van der Waals surface area (Å²) in [6.07, 6.45) is 5.86. The second-order valence-corrected chi connectivity index (χ2v) is 6.70. The van der Waals surface area contributed by atoms with Crippen molar-refractivity contribution in [2.24, 2.45) is 0 Å². The number of anilines is 3. The molecule has 8 heteroatoms. The smallest absolute Gasteiger partial charge is 0.232 e. The first-order chi connectivity index (χ1) is 12.4. The molecule has 4 heterocycles. The molecule has 7 nitrogen and oxygen atoms in total. The van der Waals surface area contributed by atoms with Crippen molar-refractivity contribution in [3.63, 3.8) is 0 Å². The highest BCUT2D eigenvalue weighted by molar-refractivity contribution is 7.08. The van der Waals surface area contributed by atoms with Gasteiger partial charge in [0, 0.05) is 17.6 Å². The number of nitrogens with zero attached hydrogens (tertiary/aromatic N) is 5. The number of fused-ring (bicyclic) bond motifs is 1. The number of rotatable bonds is 5. The maximum absolute atomic E-state index is 4.68. The number of imidazole rings is 1. The molecule has 5 rings (SSSR count). The van der Waals surface area contributed by atoms with E-state index < -0.39 is 0 Å². The monoisotopic (exact) mass is 349 g/mol. The quantitative estimate of drug-likeness (QED) is 0.573. The van der Waals surface area contributed by atoms with E-state index in [0.29, 0.717) is 17.8 Å². The molecule has 2 N–H and O–H groups in total. The summed E-state index contributed by atoms with van der Waals surface area (Å²) in [5.74, 6) is 1.98. The summed E-state index contributed by atoms with van der Waals surface area (Å²) in [5.41, 5.74) is 2.60. The lowest BCUT2D eigenvalue weighted by Gasteiger charge is -2.09. The molecule has 4 aromatic rings. The van der Waals surface area contributed by atoms with Gasteiger partial charge in [-0.15, -0.1) is 0 Å². The van der Waals surface area contributed by atoms with Gasteiger partial charge in [-0.05, 0) is 36.4 Å². The number of thiophene rings is 1. The van der Waals surface area contributed by atoms with Gasteiger partial charge in [-0.1, -0.05) is 6.07 Å². The Labute approximate surface area is 147 Å². The highest BCUT2D eigenvalue weighted by Crippen LogP contribution is 2.30. The molecule has 0 bridgehead atoms. The summed E-state index contributed by atoms with van der Waals surface area (Å²) in [6.45, 7) is 0. The van der Waals surface area contributed by atoms with E-state index in [9.17, 15) is 0 Å². The SMILES string of the molecule is c1ccc(Nc2nc(NC3CC3)c3ncn(-c4ccsc4)c3n2)nc1. The van der Waals surface area contributed by atoms with Gasteiger partial charge in [0.25, 0.3) is 0 Å². The average molecular weight is 349 g/mol. The van der Waals surface area contributed by atoms with Gasteiger partial charge in [0.05, 0.1) is 5.69 Å². The lowest BCUT2D eigenvalue weighted by molar-refractivity contribution is 1.06. The molecule has 0 radical (unpaired) electrons. The number of nitrogens with one attached hydrogen (secondary N) is 2. The normalized spacial score (nSPS) is 13.9. The molecule has 1 aliphatic carbocycles. The molecule has 0 amide bonds. The molecule has 1 fully saturated rings. The Balaban J connectivity index is 1.63. The number of aromatic nitrogens is 5. The van der Waals surface area contributed by atoms with Crippen LogP contribution in [0.25, 0.3) is 16.9 Å². The molecule has 0 atom stereocenters. The van der Waals surface area contributed by atoms with Crippen molar-refractivity contribution in [1.29, 1.82) is 0 Å². The summed E-state index contributed by atoms with van der Waals surface area (Å²) < 4.78 is 1.98. The predicted molar refractivity (Wildman–Crippen MR) is 98.7 cm³/mol. The zero-order valence-electron chi connectivity index (χ0n) is 13.3. The summed E-state index contributed by atoms with van der Waals surface area (Å²) in [5, 5.41) is 10.8. The molecule has 0 saturated heterocycles. The Morgan fingerprint density at radius 1 is 1.12 bits per heavy atom. The third kappa shape index (κ3) is 2.80. The molecule has 124 valence electrons. The van der Waals surface area contributed by atoms with Crippen LogP contribution in [0.15, 0.2) is 47.5 Å². The Bertz CT molecular complexity index is 1010. The standard InChI is InChI=1S/C17H15N7S/c1-2-7-18-13(3-1)21-17-22-15(20-11-4-5-11)14-16(23-17)24(10-19-14)12-6-8-25-9-12/h1-3,6-11H,4-5H2,(H2,18,20,21,22,23). The van der Waals surface area contributed by atoms with Gasteiger partial charge in [0.15, 0.2) is 17.0 Å². The lowest BCUT2D eigenvalue weighted by Crippen LogP contribution is -2.08. The molecule has 0 aromatic carbocycles. The van der Waals surface area contributed by atoms with E-state index in [4.69, 9.17) is 0 Å². The van der Waals surface area contributed by atoms with Crippen LogP contribution in [0.3, 0.4) is 0 Å². The highest BCUT2D eigenvalue weighted by atomic mass is 32.1. The van der Waals surface area contributed by atoms with E-state index in [1.165, 1.54) is 12.8 Å². The van der Waals surface area contributed by atoms with E-state index >= 15 is 0 Å². The molecule has 4 aromatic heterocycles. The second kappa shape index (κ2) is 5.82. The number of hydrogen-bond acceptors (Lipinski definition) is 7. The van der Waals surface area contributed by atoms with Crippen LogP contribution in [-0.2, 0) is 0 Å². The predicted octanol–water partition coefficient (Wildman–Crippen LogP) is 3.59. The molecular formula is C17H15N7S. The first-order valence-corrected chi connectivity index (χ1v) is 9.03. The zero-order valence-corrected chi connectivity index (χ0v) is 14.1. The Morgan fingerprint density at radius 2 is 2.08 bits per heavy atom. The number of hydrogen-bond donors (Lipinski definition) is 2. The third-order valence-electron chi connectivity index (χ3n) is 4.00. The molecule has 0 spiro atoms. The summed E-state index contributed by atoms with van der Waals surface area (Å²) in [6, 6.07) is 8.21. The summed E-state index contributed by atoms with van der Waals surface area (Å²) >= 11 is 1.64. The van der Waals surface area contributed by atoms with Gasteiger partial charge in [-0.2, -0.15) is 21.3 Å². The van der Waals surface area contributed by atoms with E-state index in [2.05, 4.69) is 35.9 Å². The molecule has 25 heavy (non-hydrogen) atoms. The van der Waals surface area contributed by atoms with E-state index in [1.54, 1.807) is 23.9 Å². The van der Waals surface area contributed by atoms with Gasteiger partial charge in [-0.25, -0.2) is 9.97 Å². The van der Waals surface area contributed by atoms with E-state index in [-0.39, 0.29) is 0 Å². The second-order valence-electron chi connectivity index (χ2n) is 5.92. The van der Waals surface area contributed by atoms with Crippen molar-refractivity contribution in [2.75, 3.05) is 10.6 Å². The van der Waals surface area contributed by atoms with E-state index in [1.807, 2.05) is 34.2 Å². The number of pyridine rings is 1. The zero-order chi connectivity index (χ0) is 16.6. The van der Waals surface area contributed by atoms with Crippen LogP contribution in [0.4, 0.5) is 17.6 Å². The molecule has 0 aliphatic heterocycles. The first kappa shape index (κ1) is 14.4. The fourth-order valence-corrected chi connectivity index (χ4v) is 3.24. The topological polar surface area (TPSA) is 80.5 Å². The van der Waals surface area contributed by atoms with Crippen molar-refractivity contribution in [2.45, 2.75) is 18.9 Å². The van der Waals surface area contributed by atoms with Crippen LogP contribution < -0.4 is 10.6 Å². The lowest BCUT2D eigenvalue weighted by atomic mass is 10.4. The molecule has 0 unspecified atom stereocenters. The van der Waals surface area contributed by atoms with Crippen molar-refractivity contribution in [1.82, 2.24) is 24.5 Å². The van der Waals surface area contributed by atoms with Crippen molar-refractivity contribution in [3.05, 3.63) is 47.5 Å². The fourth-order valence-electron chi connectivity index (χ4n) is 2.61. The van der Waals surface area contributed by atoms with E-state index in [0.717, 1.165) is 22.7 Å². The summed E-state index contributed by atoms with van der Waals surface area (Å²) in [4.78, 5) is 18.1.